The minimum atomic E-state index is 1.13. The van der Waals surface area contributed by atoms with Gasteiger partial charge in [0.25, 0.3) is 0 Å². The van der Waals surface area contributed by atoms with Crippen LogP contribution >= 0.6 is 0 Å². The number of benzene rings is 14. The van der Waals surface area contributed by atoms with Gasteiger partial charge in [-0.3, -0.25) is 0 Å². The van der Waals surface area contributed by atoms with Crippen molar-refractivity contribution in [1.29, 1.82) is 0 Å². The minimum Gasteiger partial charge on any atom is -0.310 e. The second kappa shape index (κ2) is 13.8. The average molecular weight is 870 g/mol. The second-order valence-corrected chi connectivity index (χ2v) is 19.0. The van der Waals surface area contributed by atoms with E-state index in [-0.39, 0.29) is 0 Å². The summed E-state index contributed by atoms with van der Waals surface area (Å²) < 4.78 is 0. The zero-order valence-corrected chi connectivity index (χ0v) is 37.5. The van der Waals surface area contributed by atoms with Crippen molar-refractivity contribution in [2.75, 3.05) is 4.90 Å². The first-order chi connectivity index (χ1) is 34.3. The Bertz CT molecular complexity index is 4840. The number of para-hydroxylation sites is 1. The number of anilines is 3. The molecule has 0 unspecified atom stereocenters. The first kappa shape index (κ1) is 37.1. The Balaban J connectivity index is 1.01. The maximum Gasteiger partial charge on any atom is 0.0546 e. The van der Waals surface area contributed by atoms with Crippen LogP contribution in [0.3, 0.4) is 0 Å². The molecule has 0 radical (unpaired) electrons. The largest absolute Gasteiger partial charge is 0.310 e. The zero-order valence-electron chi connectivity index (χ0n) is 37.5. The molecule has 69 heavy (non-hydrogen) atoms. The molecule has 0 bridgehead atoms. The van der Waals surface area contributed by atoms with Crippen LogP contribution < -0.4 is 4.90 Å². The fourth-order valence-corrected chi connectivity index (χ4v) is 12.9. The number of rotatable bonds is 5. The van der Waals surface area contributed by atoms with Gasteiger partial charge in [0.15, 0.2) is 0 Å². The summed E-state index contributed by atoms with van der Waals surface area (Å²) in [5.74, 6) is 0. The van der Waals surface area contributed by atoms with Crippen molar-refractivity contribution in [1.82, 2.24) is 0 Å². The van der Waals surface area contributed by atoms with Crippen molar-refractivity contribution in [3.63, 3.8) is 0 Å². The number of nitrogens with zero attached hydrogens (tertiary/aromatic N) is 1. The summed E-state index contributed by atoms with van der Waals surface area (Å²) in [6, 6.07) is 88.6. The van der Waals surface area contributed by atoms with Crippen molar-refractivity contribution in [3.05, 3.63) is 278 Å². The van der Waals surface area contributed by atoms with Crippen molar-refractivity contribution in [2.45, 2.75) is 0 Å². The molecule has 2 aliphatic rings. The minimum absolute atomic E-state index is 1.13. The van der Waals surface area contributed by atoms with E-state index < -0.39 is 0 Å². The van der Waals surface area contributed by atoms with Crippen LogP contribution in [-0.2, 0) is 0 Å². The van der Waals surface area contributed by atoms with Gasteiger partial charge in [-0.2, -0.15) is 0 Å². The van der Waals surface area contributed by atoms with Crippen molar-refractivity contribution < 1.29 is 0 Å². The molecule has 1 nitrogen and oxygen atoms in total. The lowest BCUT2D eigenvalue weighted by atomic mass is 9.88. The van der Waals surface area contributed by atoms with E-state index in [1.807, 2.05) is 0 Å². The molecule has 16 rings (SSSR count). The average Bonchev–Trinajstić information content (AvgIpc) is 3.93. The van der Waals surface area contributed by atoms with Crippen molar-refractivity contribution in [2.24, 2.45) is 0 Å². The number of hydrogen-bond acceptors (Lipinski definition) is 1. The van der Waals surface area contributed by atoms with Crippen LogP contribution in [0, 0.1) is 41.7 Å². The lowest BCUT2D eigenvalue weighted by molar-refractivity contribution is 1.29. The molecule has 0 aromatic heterocycles. The number of hydrogen-bond donors (Lipinski definition) is 0. The Morgan fingerprint density at radius 1 is 0.232 bits per heavy atom. The predicted octanol–water partition coefficient (Wildman–Crippen LogP) is 17.8. The zero-order chi connectivity index (χ0) is 44.9. The third kappa shape index (κ3) is 4.93. The fourth-order valence-electron chi connectivity index (χ4n) is 12.9. The molecule has 14 aromatic carbocycles. The van der Waals surface area contributed by atoms with Crippen LogP contribution in [-0.4, -0.2) is 0 Å². The Morgan fingerprint density at radius 2 is 0.667 bits per heavy atom. The first-order valence-corrected chi connectivity index (χ1v) is 24.1. The normalized spacial score (nSPS) is 12.3. The lowest BCUT2D eigenvalue weighted by Gasteiger charge is -2.27. The maximum absolute atomic E-state index is 2.46. The van der Waals surface area contributed by atoms with Gasteiger partial charge in [-0.25, -0.2) is 0 Å². The molecule has 0 atom stereocenters. The highest BCUT2D eigenvalue weighted by Crippen LogP contribution is 2.48. The molecular formula is C68H39N. The molecule has 0 saturated carbocycles. The molecule has 0 spiro atoms. The smallest absolute Gasteiger partial charge is 0.0546 e. The molecule has 0 amide bonds. The molecule has 0 N–H and O–H groups in total. The fraction of sp³-hybridized carbons (Fsp3) is 0. The van der Waals surface area contributed by atoms with Crippen LogP contribution in [0.4, 0.5) is 17.1 Å². The molecular weight excluding hydrogens is 831 g/mol. The molecule has 0 fully saturated rings. The third-order valence-corrected chi connectivity index (χ3v) is 15.6. The topological polar surface area (TPSA) is 3.24 Å². The highest BCUT2D eigenvalue weighted by atomic mass is 15.1. The first-order valence-electron chi connectivity index (χ1n) is 24.1. The maximum atomic E-state index is 2.46. The standard InChI is InChI=1S/C68H39N/c1-4-16-40(17-5-1)61-49-26-14-15-27-50(49)62(41-18-6-2-7-19-41)68-58-37-35-55-53-32-33-56-59-39-44(28-29-47(59)51-30-31-52(64(53)63(51)56)54-34-36-57(67(61)68)66(58)65(54)55)69(43-21-8-3-9-22-43)60-38-42-20-10-11-23-45(42)46-24-12-13-25-48(46)60/h1-39H. The van der Waals surface area contributed by atoms with Gasteiger partial charge in [0.1, 0.15) is 0 Å². The summed E-state index contributed by atoms with van der Waals surface area (Å²) in [6.45, 7) is 0. The van der Waals surface area contributed by atoms with Crippen LogP contribution in [0.5, 0.6) is 0 Å². The molecule has 0 aliphatic heterocycles. The number of fused-ring (bicyclic) bond motifs is 8. The Morgan fingerprint density at radius 3 is 1.25 bits per heavy atom. The summed E-state index contributed by atoms with van der Waals surface area (Å²) >= 11 is 0. The SMILES string of the molecule is c1ccc(-c2c3c(c(-c4ccccc4)c4ccccc24)=c2ccc4c5ccc6c7c(ccc(c8ccc=3c2c84)c75)=c2ccc(N(c3ccccc3)c3cc4ccccc4c4ccccc34)cc2=6)cc1. The highest BCUT2D eigenvalue weighted by molar-refractivity contribution is 6.33. The van der Waals surface area contributed by atoms with E-state index in [2.05, 4.69) is 241 Å². The van der Waals surface area contributed by atoms with Gasteiger partial charge in [0, 0.05) is 16.8 Å². The van der Waals surface area contributed by atoms with E-state index in [1.165, 1.54) is 145 Å². The van der Waals surface area contributed by atoms with Crippen LogP contribution in [0.25, 0.3) is 97.7 Å². The molecule has 14 aromatic rings. The quantitative estimate of drug-likeness (QED) is 0.123. The summed E-state index contributed by atoms with van der Waals surface area (Å²) in [5, 5.41) is 28.8. The Kier molecular flexibility index (Phi) is 7.40. The predicted molar refractivity (Wildman–Crippen MR) is 289 cm³/mol. The van der Waals surface area contributed by atoms with Gasteiger partial charge < -0.3 is 4.90 Å². The van der Waals surface area contributed by atoms with E-state index in [0.29, 0.717) is 0 Å². The molecule has 316 valence electrons. The van der Waals surface area contributed by atoms with Crippen molar-refractivity contribution >= 4 is 92.5 Å². The van der Waals surface area contributed by atoms with E-state index in [0.717, 1.165) is 11.4 Å². The van der Waals surface area contributed by atoms with Gasteiger partial charge in [0.2, 0.25) is 0 Å². The van der Waals surface area contributed by atoms with Gasteiger partial charge >= 0.3 is 0 Å². The van der Waals surface area contributed by atoms with Crippen LogP contribution in [0.15, 0.2) is 237 Å². The molecule has 1 heteroatoms. The monoisotopic (exact) mass is 869 g/mol. The van der Waals surface area contributed by atoms with Gasteiger partial charge in [-0.05, 0) is 164 Å². The third-order valence-electron chi connectivity index (χ3n) is 15.6. The summed E-state index contributed by atoms with van der Waals surface area (Å²) in [4.78, 5) is 2.46. The van der Waals surface area contributed by atoms with E-state index >= 15 is 0 Å². The van der Waals surface area contributed by atoms with Crippen LogP contribution in [0.1, 0.15) is 0 Å². The van der Waals surface area contributed by atoms with Crippen LogP contribution in [0.2, 0.25) is 0 Å². The summed E-state index contributed by atoms with van der Waals surface area (Å²) in [6.07, 6.45) is 0. The van der Waals surface area contributed by atoms with Gasteiger partial charge in [0.05, 0.1) is 5.69 Å². The molecule has 0 saturated heterocycles. The second-order valence-electron chi connectivity index (χ2n) is 19.0. The van der Waals surface area contributed by atoms with E-state index in [9.17, 15) is 0 Å². The Labute approximate surface area is 396 Å². The highest BCUT2D eigenvalue weighted by Gasteiger charge is 2.24. The lowest BCUT2D eigenvalue weighted by Crippen LogP contribution is -2.10. The van der Waals surface area contributed by atoms with Crippen molar-refractivity contribution in [3.8, 4) is 22.3 Å². The van der Waals surface area contributed by atoms with E-state index in [1.54, 1.807) is 0 Å². The molecule has 0 heterocycles. The molecule has 2 aliphatic carbocycles. The van der Waals surface area contributed by atoms with E-state index in [4.69, 9.17) is 0 Å². The van der Waals surface area contributed by atoms with Gasteiger partial charge in [-0.1, -0.05) is 206 Å². The summed E-state index contributed by atoms with van der Waals surface area (Å²) in [5.41, 5.74) is 8.56. The summed E-state index contributed by atoms with van der Waals surface area (Å²) in [7, 11) is 0. The Hall–Kier alpha value is -9.04. The van der Waals surface area contributed by atoms with Gasteiger partial charge in [-0.15, -0.1) is 0 Å².